The van der Waals surface area contributed by atoms with Crippen LogP contribution in [0.15, 0.2) is 60.7 Å². The van der Waals surface area contributed by atoms with Crippen LogP contribution in [0.4, 0.5) is 0 Å². The zero-order valence-electron chi connectivity index (χ0n) is 26.6. The van der Waals surface area contributed by atoms with Crippen LogP contribution in [0, 0.1) is 13.8 Å². The standard InChI is InChI=1S/C36H40N4O5/c1-22-16-23(2)38-36(37-22)45-34-20-28-26(19-33(34)44-5)14-15-40(30(28)17-24-10-13-31(42-3)32(18-24)43-4)21-35(41)39-29-12-11-25-8-6-7-9-27(25)29/h6-10,13,16,18-20,29-30H,11-12,14-15,17,21H2,1-5H3,(H,39,41). The first-order chi connectivity index (χ1) is 21.8. The number of carbonyl (C=O) groups is 1. The SMILES string of the molecule is COc1ccc(CC2c3cc(Oc4nc(C)cc(C)n4)c(OC)cc3CCN2CC(=O)NC2CCc3ccccc32)cc1OC. The van der Waals surface area contributed by atoms with Gasteiger partial charge in [0, 0.05) is 24.0 Å². The van der Waals surface area contributed by atoms with E-state index in [0.717, 1.165) is 53.9 Å². The van der Waals surface area contributed by atoms with E-state index >= 15 is 0 Å². The van der Waals surface area contributed by atoms with Crippen LogP contribution >= 0.6 is 0 Å². The fourth-order valence-electron chi connectivity index (χ4n) is 6.63. The number of hydrogen-bond acceptors (Lipinski definition) is 8. The van der Waals surface area contributed by atoms with Crippen LogP contribution in [-0.4, -0.2) is 55.2 Å². The van der Waals surface area contributed by atoms with Crippen molar-refractivity contribution in [1.82, 2.24) is 20.2 Å². The number of nitrogens with zero attached hydrogens (tertiary/aromatic N) is 3. The molecular weight excluding hydrogens is 568 g/mol. The Morgan fingerprint density at radius 1 is 0.822 bits per heavy atom. The molecule has 1 aliphatic heterocycles. The van der Waals surface area contributed by atoms with E-state index in [0.29, 0.717) is 29.4 Å². The summed E-state index contributed by atoms with van der Waals surface area (Å²) in [6.45, 7) is 4.83. The number of benzene rings is 3. The topological polar surface area (TPSA) is 95.0 Å². The number of hydrogen-bond donors (Lipinski definition) is 1. The normalized spacial score (nSPS) is 17.3. The highest BCUT2D eigenvalue weighted by Crippen LogP contribution is 2.41. The van der Waals surface area contributed by atoms with Gasteiger partial charge in [0.05, 0.1) is 33.9 Å². The molecule has 1 aliphatic carbocycles. The third-order valence-corrected chi connectivity index (χ3v) is 8.75. The smallest absolute Gasteiger partial charge is 0.322 e. The number of nitrogens with one attached hydrogen (secondary N) is 1. The van der Waals surface area contributed by atoms with Crippen molar-refractivity contribution in [3.8, 4) is 29.0 Å². The van der Waals surface area contributed by atoms with E-state index in [9.17, 15) is 4.79 Å². The van der Waals surface area contributed by atoms with Gasteiger partial charge in [0.2, 0.25) is 5.91 Å². The molecule has 234 valence electrons. The second-order valence-corrected chi connectivity index (χ2v) is 11.7. The van der Waals surface area contributed by atoms with Crippen LogP contribution < -0.4 is 24.3 Å². The third kappa shape index (κ3) is 6.59. The van der Waals surface area contributed by atoms with Crippen molar-refractivity contribution < 1.29 is 23.7 Å². The van der Waals surface area contributed by atoms with Crippen LogP contribution in [0.25, 0.3) is 0 Å². The van der Waals surface area contributed by atoms with Crippen molar-refractivity contribution in [2.75, 3.05) is 34.4 Å². The number of fused-ring (bicyclic) bond motifs is 2. The first-order valence-electron chi connectivity index (χ1n) is 15.4. The van der Waals surface area contributed by atoms with Crippen molar-refractivity contribution in [2.24, 2.45) is 0 Å². The van der Waals surface area contributed by atoms with Gasteiger partial charge in [-0.15, -0.1) is 0 Å². The lowest BCUT2D eigenvalue weighted by Gasteiger charge is -2.38. The number of aromatic nitrogens is 2. The lowest BCUT2D eigenvalue weighted by molar-refractivity contribution is -0.123. The quantitative estimate of drug-likeness (QED) is 0.239. The lowest BCUT2D eigenvalue weighted by Crippen LogP contribution is -2.44. The maximum atomic E-state index is 13.6. The largest absolute Gasteiger partial charge is 0.493 e. The average Bonchev–Trinajstić information content (AvgIpc) is 3.43. The minimum Gasteiger partial charge on any atom is -0.493 e. The molecule has 0 spiro atoms. The Labute approximate surface area is 264 Å². The number of aryl methyl sites for hydroxylation is 3. The lowest BCUT2D eigenvalue weighted by atomic mass is 9.88. The monoisotopic (exact) mass is 608 g/mol. The van der Waals surface area contributed by atoms with Gasteiger partial charge in [-0.25, -0.2) is 9.97 Å². The highest BCUT2D eigenvalue weighted by Gasteiger charge is 2.32. The zero-order valence-corrected chi connectivity index (χ0v) is 26.6. The summed E-state index contributed by atoms with van der Waals surface area (Å²) < 4.78 is 23.1. The molecule has 9 nitrogen and oxygen atoms in total. The summed E-state index contributed by atoms with van der Waals surface area (Å²) >= 11 is 0. The van der Waals surface area contributed by atoms with Crippen LogP contribution in [0.5, 0.6) is 29.0 Å². The van der Waals surface area contributed by atoms with E-state index in [-0.39, 0.29) is 30.5 Å². The maximum Gasteiger partial charge on any atom is 0.322 e. The summed E-state index contributed by atoms with van der Waals surface area (Å²) in [5.74, 6) is 2.51. The molecule has 2 heterocycles. The zero-order chi connectivity index (χ0) is 31.5. The van der Waals surface area contributed by atoms with Gasteiger partial charge in [-0.2, -0.15) is 0 Å². The Morgan fingerprint density at radius 3 is 2.31 bits per heavy atom. The van der Waals surface area contributed by atoms with Gasteiger partial charge in [0.25, 0.3) is 0 Å². The minimum atomic E-state index is -0.109. The molecule has 0 radical (unpaired) electrons. The van der Waals surface area contributed by atoms with Crippen LogP contribution in [0.2, 0.25) is 0 Å². The van der Waals surface area contributed by atoms with Gasteiger partial charge in [-0.1, -0.05) is 30.3 Å². The predicted molar refractivity (Wildman–Crippen MR) is 171 cm³/mol. The van der Waals surface area contributed by atoms with E-state index in [4.69, 9.17) is 18.9 Å². The second kappa shape index (κ2) is 13.2. The molecule has 9 heteroatoms. The molecule has 0 saturated carbocycles. The van der Waals surface area contributed by atoms with Crippen molar-refractivity contribution >= 4 is 5.91 Å². The molecule has 0 bridgehead atoms. The number of rotatable bonds is 10. The second-order valence-electron chi connectivity index (χ2n) is 11.7. The fraction of sp³-hybridized carbons (Fsp3) is 0.361. The summed E-state index contributed by atoms with van der Waals surface area (Å²) in [5.41, 5.74) is 7.49. The average molecular weight is 609 g/mol. The molecule has 1 N–H and O–H groups in total. The highest BCUT2D eigenvalue weighted by atomic mass is 16.5. The molecule has 1 aromatic heterocycles. The van der Waals surface area contributed by atoms with E-state index in [2.05, 4.69) is 38.4 Å². The van der Waals surface area contributed by atoms with Gasteiger partial charge < -0.3 is 24.3 Å². The first kappa shape index (κ1) is 30.4. The van der Waals surface area contributed by atoms with Gasteiger partial charge >= 0.3 is 6.01 Å². The van der Waals surface area contributed by atoms with Gasteiger partial charge in [-0.05, 0) is 97.7 Å². The van der Waals surface area contributed by atoms with Crippen LogP contribution in [0.3, 0.4) is 0 Å². The molecule has 3 aromatic carbocycles. The minimum absolute atomic E-state index is 0.0195. The molecule has 0 saturated heterocycles. The number of methoxy groups -OCH3 is 3. The van der Waals surface area contributed by atoms with Crippen molar-refractivity contribution in [1.29, 1.82) is 0 Å². The van der Waals surface area contributed by atoms with E-state index in [1.807, 2.05) is 56.3 Å². The fourth-order valence-corrected chi connectivity index (χ4v) is 6.63. The Kier molecular flexibility index (Phi) is 8.89. The molecule has 4 aromatic rings. The molecule has 2 unspecified atom stereocenters. The molecule has 0 fully saturated rings. The summed E-state index contributed by atoms with van der Waals surface area (Å²) in [4.78, 5) is 24.8. The molecular formula is C36H40N4O5. The van der Waals surface area contributed by atoms with Crippen molar-refractivity contribution in [2.45, 2.75) is 51.6 Å². The number of carbonyl (C=O) groups excluding carboxylic acids is 1. The first-order valence-corrected chi connectivity index (χ1v) is 15.4. The number of amides is 1. The van der Waals surface area contributed by atoms with E-state index < -0.39 is 0 Å². The maximum absolute atomic E-state index is 13.6. The Hall–Kier alpha value is -4.63. The Balaban J connectivity index is 1.33. The molecule has 2 aliphatic rings. The van der Waals surface area contributed by atoms with E-state index in [1.54, 1.807) is 21.3 Å². The predicted octanol–water partition coefficient (Wildman–Crippen LogP) is 5.86. The van der Waals surface area contributed by atoms with Crippen molar-refractivity contribution in [3.63, 3.8) is 0 Å². The number of ether oxygens (including phenoxy) is 4. The molecule has 45 heavy (non-hydrogen) atoms. The summed E-state index contributed by atoms with van der Waals surface area (Å²) in [5, 5.41) is 3.32. The molecule has 6 rings (SSSR count). The summed E-state index contributed by atoms with van der Waals surface area (Å²) in [6, 6.07) is 20.5. The molecule has 2 atom stereocenters. The van der Waals surface area contributed by atoms with Gasteiger partial charge in [0.15, 0.2) is 23.0 Å². The van der Waals surface area contributed by atoms with Crippen LogP contribution in [0.1, 0.15) is 57.7 Å². The van der Waals surface area contributed by atoms with Gasteiger partial charge in [0.1, 0.15) is 0 Å². The van der Waals surface area contributed by atoms with Crippen LogP contribution in [-0.2, 0) is 24.1 Å². The van der Waals surface area contributed by atoms with Gasteiger partial charge in [-0.3, -0.25) is 9.69 Å². The Morgan fingerprint density at radius 2 is 1.56 bits per heavy atom. The highest BCUT2D eigenvalue weighted by molar-refractivity contribution is 5.79. The summed E-state index contributed by atoms with van der Waals surface area (Å²) in [6.07, 6.45) is 3.33. The summed E-state index contributed by atoms with van der Waals surface area (Å²) in [7, 11) is 4.91. The van der Waals surface area contributed by atoms with Crippen molar-refractivity contribution in [3.05, 3.63) is 99.9 Å². The van der Waals surface area contributed by atoms with E-state index in [1.165, 1.54) is 11.1 Å². The Bertz CT molecular complexity index is 1690. The third-order valence-electron chi connectivity index (χ3n) is 8.75. The molecule has 1 amide bonds.